The van der Waals surface area contributed by atoms with Crippen molar-refractivity contribution in [2.45, 2.75) is 13.5 Å². The first-order valence-electron chi connectivity index (χ1n) is 9.35. The summed E-state index contributed by atoms with van der Waals surface area (Å²) in [4.78, 5) is 13.0. The predicted molar refractivity (Wildman–Crippen MR) is 122 cm³/mol. The first-order chi connectivity index (χ1) is 14.5. The molecule has 0 saturated heterocycles. The quantitative estimate of drug-likeness (QED) is 0.435. The summed E-state index contributed by atoms with van der Waals surface area (Å²) in [5, 5.41) is 6.83. The molecule has 3 aromatic carbocycles. The minimum Gasteiger partial charge on any atom is -0.488 e. The van der Waals surface area contributed by atoms with Gasteiger partial charge >= 0.3 is 0 Å². The molecule has 30 heavy (non-hydrogen) atoms. The van der Waals surface area contributed by atoms with Gasteiger partial charge in [0.25, 0.3) is 5.91 Å². The van der Waals surface area contributed by atoms with Crippen LogP contribution in [0.25, 0.3) is 6.08 Å². The number of amides is 1. The van der Waals surface area contributed by atoms with E-state index in [1.165, 1.54) is 5.01 Å². The molecule has 1 heterocycles. The summed E-state index contributed by atoms with van der Waals surface area (Å²) < 4.78 is 6.00. The summed E-state index contributed by atoms with van der Waals surface area (Å²) in [6, 6.07) is 22.3. The number of ether oxygens (including phenoxy) is 1. The Morgan fingerprint density at radius 1 is 0.967 bits per heavy atom. The van der Waals surface area contributed by atoms with Gasteiger partial charge in [0, 0.05) is 5.56 Å². The number of para-hydroxylation sites is 2. The van der Waals surface area contributed by atoms with Crippen molar-refractivity contribution in [3.05, 3.63) is 99.5 Å². The van der Waals surface area contributed by atoms with Gasteiger partial charge in [0.15, 0.2) is 0 Å². The van der Waals surface area contributed by atoms with E-state index in [-0.39, 0.29) is 5.91 Å². The lowest BCUT2D eigenvalue weighted by Gasteiger charge is -2.12. The molecule has 1 amide bonds. The first-order valence-corrected chi connectivity index (χ1v) is 10.1. The van der Waals surface area contributed by atoms with Crippen molar-refractivity contribution >= 4 is 46.6 Å². The fourth-order valence-corrected chi connectivity index (χ4v) is 3.43. The zero-order valence-corrected chi connectivity index (χ0v) is 17.7. The third-order valence-electron chi connectivity index (χ3n) is 4.66. The number of carbonyl (C=O) groups is 1. The molecule has 4 nitrogen and oxygen atoms in total. The summed E-state index contributed by atoms with van der Waals surface area (Å²) in [7, 11) is 0. The smallest absolute Gasteiger partial charge is 0.280 e. The number of halogens is 2. The van der Waals surface area contributed by atoms with Gasteiger partial charge in [-0.25, -0.2) is 0 Å². The van der Waals surface area contributed by atoms with Crippen LogP contribution in [0.15, 0.2) is 83.5 Å². The molecule has 0 radical (unpaired) electrons. The number of rotatable bonds is 5. The van der Waals surface area contributed by atoms with E-state index in [4.69, 9.17) is 27.9 Å². The van der Waals surface area contributed by atoms with Crippen LogP contribution in [0.2, 0.25) is 10.0 Å². The van der Waals surface area contributed by atoms with E-state index in [2.05, 4.69) is 5.10 Å². The fourth-order valence-electron chi connectivity index (χ4n) is 3.11. The van der Waals surface area contributed by atoms with E-state index in [1.807, 2.05) is 73.7 Å². The van der Waals surface area contributed by atoms with Gasteiger partial charge < -0.3 is 4.74 Å². The van der Waals surface area contributed by atoms with Crippen molar-refractivity contribution in [3.8, 4) is 5.75 Å². The van der Waals surface area contributed by atoms with E-state index in [1.54, 1.807) is 12.1 Å². The van der Waals surface area contributed by atoms with Crippen molar-refractivity contribution in [1.82, 2.24) is 0 Å². The Balaban J connectivity index is 1.58. The van der Waals surface area contributed by atoms with E-state index in [0.717, 1.165) is 16.8 Å². The maximum absolute atomic E-state index is 13.0. The second-order valence-electron chi connectivity index (χ2n) is 6.77. The van der Waals surface area contributed by atoms with Gasteiger partial charge in [-0.15, -0.1) is 0 Å². The third-order valence-corrected chi connectivity index (χ3v) is 5.40. The second kappa shape index (κ2) is 8.74. The van der Waals surface area contributed by atoms with E-state index >= 15 is 0 Å². The fraction of sp³-hybridized carbons (Fsp3) is 0.0833. The van der Waals surface area contributed by atoms with Crippen LogP contribution < -0.4 is 9.75 Å². The molecule has 0 fully saturated rings. The summed E-state index contributed by atoms with van der Waals surface area (Å²) in [5.74, 6) is 0.493. The van der Waals surface area contributed by atoms with Crippen molar-refractivity contribution in [3.63, 3.8) is 0 Å². The molecule has 0 spiro atoms. The zero-order chi connectivity index (χ0) is 21.1. The molecule has 0 aliphatic carbocycles. The molecule has 0 bridgehead atoms. The van der Waals surface area contributed by atoms with E-state index in [0.29, 0.717) is 33.7 Å². The monoisotopic (exact) mass is 436 g/mol. The molecular weight excluding hydrogens is 419 g/mol. The highest BCUT2D eigenvalue weighted by Gasteiger charge is 2.28. The first kappa shape index (κ1) is 20.2. The molecule has 1 aliphatic heterocycles. The molecule has 4 rings (SSSR count). The summed E-state index contributed by atoms with van der Waals surface area (Å²) in [6.07, 6.45) is 1.81. The highest BCUT2D eigenvalue weighted by atomic mass is 35.5. The molecule has 0 unspecified atom stereocenters. The van der Waals surface area contributed by atoms with Crippen LogP contribution in [0.4, 0.5) is 5.69 Å². The van der Waals surface area contributed by atoms with Gasteiger partial charge in [0.2, 0.25) is 0 Å². The number of benzene rings is 3. The Bertz CT molecular complexity index is 1160. The van der Waals surface area contributed by atoms with Crippen LogP contribution in [0.5, 0.6) is 5.75 Å². The minimum absolute atomic E-state index is 0.169. The van der Waals surface area contributed by atoms with Gasteiger partial charge in [-0.05, 0) is 48.9 Å². The van der Waals surface area contributed by atoms with Crippen LogP contribution >= 0.6 is 23.2 Å². The molecule has 150 valence electrons. The Morgan fingerprint density at radius 3 is 2.47 bits per heavy atom. The predicted octanol–water partition coefficient (Wildman–Crippen LogP) is 6.38. The van der Waals surface area contributed by atoms with Crippen molar-refractivity contribution < 1.29 is 9.53 Å². The van der Waals surface area contributed by atoms with E-state index in [9.17, 15) is 4.79 Å². The van der Waals surface area contributed by atoms with Crippen molar-refractivity contribution in [2.75, 3.05) is 5.01 Å². The third kappa shape index (κ3) is 4.25. The molecule has 3 aromatic rings. The summed E-state index contributed by atoms with van der Waals surface area (Å²) in [5.41, 5.74) is 3.61. The lowest BCUT2D eigenvalue weighted by atomic mass is 10.1. The van der Waals surface area contributed by atoms with Gasteiger partial charge in [-0.2, -0.15) is 10.1 Å². The van der Waals surface area contributed by atoms with Gasteiger partial charge in [-0.3, -0.25) is 4.79 Å². The standard InChI is InChI=1S/C24H18Cl2N2O2/c1-16-20(24(29)28(27-16)19-8-3-2-4-9-19)14-18-7-5-6-10-23(18)30-15-17-11-12-21(25)22(26)13-17/h2-14H,15H2,1H3/b20-14+. The second-order valence-corrected chi connectivity index (χ2v) is 7.59. The molecule has 6 heteroatoms. The highest BCUT2D eigenvalue weighted by Crippen LogP contribution is 2.28. The molecule has 0 N–H and O–H groups in total. The Kier molecular flexibility index (Phi) is 5.88. The van der Waals surface area contributed by atoms with Gasteiger partial charge in [0.1, 0.15) is 12.4 Å². The lowest BCUT2D eigenvalue weighted by molar-refractivity contribution is -0.114. The molecule has 1 aliphatic rings. The lowest BCUT2D eigenvalue weighted by Crippen LogP contribution is -2.21. The molecule has 0 saturated carbocycles. The average molecular weight is 437 g/mol. The van der Waals surface area contributed by atoms with Crippen LogP contribution in [-0.2, 0) is 11.4 Å². The van der Waals surface area contributed by atoms with Gasteiger partial charge in [0.05, 0.1) is 27.0 Å². The van der Waals surface area contributed by atoms with Crippen LogP contribution in [0.1, 0.15) is 18.1 Å². The number of hydrogen-bond acceptors (Lipinski definition) is 3. The highest BCUT2D eigenvalue weighted by molar-refractivity contribution is 6.42. The maximum atomic E-state index is 13.0. The Hall–Kier alpha value is -3.08. The number of nitrogens with zero attached hydrogens (tertiary/aromatic N) is 2. The largest absolute Gasteiger partial charge is 0.488 e. The van der Waals surface area contributed by atoms with Crippen molar-refractivity contribution in [1.29, 1.82) is 0 Å². The molecule has 0 atom stereocenters. The minimum atomic E-state index is -0.169. The maximum Gasteiger partial charge on any atom is 0.280 e. The van der Waals surface area contributed by atoms with Crippen LogP contribution in [0, 0.1) is 0 Å². The van der Waals surface area contributed by atoms with E-state index < -0.39 is 0 Å². The number of hydrazone groups is 1. The van der Waals surface area contributed by atoms with Crippen LogP contribution in [-0.4, -0.2) is 11.6 Å². The Labute approximate surface area is 185 Å². The average Bonchev–Trinajstić information content (AvgIpc) is 3.04. The number of hydrogen-bond donors (Lipinski definition) is 0. The van der Waals surface area contributed by atoms with Crippen LogP contribution in [0.3, 0.4) is 0 Å². The number of anilines is 1. The molecular formula is C24H18Cl2N2O2. The summed E-state index contributed by atoms with van der Waals surface area (Å²) >= 11 is 12.1. The zero-order valence-electron chi connectivity index (χ0n) is 16.2. The number of carbonyl (C=O) groups excluding carboxylic acids is 1. The van der Waals surface area contributed by atoms with Gasteiger partial charge in [-0.1, -0.05) is 65.7 Å². The Morgan fingerprint density at radius 2 is 1.70 bits per heavy atom. The topological polar surface area (TPSA) is 41.9 Å². The summed E-state index contributed by atoms with van der Waals surface area (Å²) in [6.45, 7) is 2.15. The van der Waals surface area contributed by atoms with Crippen molar-refractivity contribution in [2.24, 2.45) is 5.10 Å². The SMILES string of the molecule is CC1=NN(c2ccccc2)C(=O)/C1=C/c1ccccc1OCc1ccc(Cl)c(Cl)c1. The molecule has 0 aromatic heterocycles. The normalized spacial score (nSPS) is 14.9.